The van der Waals surface area contributed by atoms with Crippen molar-refractivity contribution in [2.24, 2.45) is 5.73 Å². The Morgan fingerprint density at radius 1 is 1.53 bits per heavy atom. The van der Waals surface area contributed by atoms with E-state index in [1.54, 1.807) is 0 Å². The average Bonchev–Trinajstić information content (AvgIpc) is 2.30. The second-order valence-corrected chi connectivity index (χ2v) is 4.55. The molecule has 0 aliphatic carbocycles. The highest BCUT2D eigenvalue weighted by molar-refractivity contribution is 6.00. The van der Waals surface area contributed by atoms with Gasteiger partial charge in [-0.15, -0.1) is 0 Å². The smallest absolute Gasteiger partial charge is 0.124 e. The predicted molar refractivity (Wildman–Crippen MR) is 69.8 cm³/mol. The van der Waals surface area contributed by atoms with Crippen LogP contribution in [0.15, 0.2) is 18.2 Å². The van der Waals surface area contributed by atoms with Gasteiger partial charge in [-0.3, -0.25) is 5.41 Å². The number of aryl methyl sites for hydroxylation is 1. The van der Waals surface area contributed by atoms with Gasteiger partial charge in [0.25, 0.3) is 0 Å². The minimum Gasteiger partial charge on any atom is -0.384 e. The fraction of sp³-hybridized carbons (Fsp3) is 0.462. The maximum absolute atomic E-state index is 7.68. The first kappa shape index (κ1) is 11.9. The van der Waals surface area contributed by atoms with Crippen molar-refractivity contribution in [3.8, 4) is 0 Å². The van der Waals surface area contributed by atoms with E-state index in [0.717, 1.165) is 36.6 Å². The number of nitrogen functional groups attached to an aromatic ring is 1. The number of amidine groups is 1. The zero-order valence-corrected chi connectivity index (χ0v) is 10.4. The Hall–Kier alpha value is -1.55. The van der Waals surface area contributed by atoms with E-state index in [0.29, 0.717) is 6.04 Å². The van der Waals surface area contributed by atoms with Crippen LogP contribution in [0.2, 0.25) is 0 Å². The zero-order chi connectivity index (χ0) is 12.4. The lowest BCUT2D eigenvalue weighted by Gasteiger charge is -2.36. The number of anilines is 1. The van der Waals surface area contributed by atoms with Crippen molar-refractivity contribution >= 4 is 11.5 Å². The van der Waals surface area contributed by atoms with Gasteiger partial charge in [-0.2, -0.15) is 0 Å². The largest absolute Gasteiger partial charge is 0.384 e. The van der Waals surface area contributed by atoms with Crippen LogP contribution in [0.25, 0.3) is 0 Å². The molecule has 4 nitrogen and oxygen atoms in total. The molecule has 1 atom stereocenters. The number of ether oxygens (including phenoxy) is 1. The molecule has 0 saturated carbocycles. The molecule has 1 heterocycles. The van der Waals surface area contributed by atoms with Gasteiger partial charge in [-0.05, 0) is 26.0 Å². The normalized spacial score (nSPS) is 20.4. The molecule has 0 amide bonds. The first-order valence-electron chi connectivity index (χ1n) is 5.89. The standard InChI is InChI=1S/C13H19N3O/c1-9-3-4-12(11(7-9)13(14)15)16-5-6-17-8-10(16)2/h3-4,7,10H,5-6,8H2,1-2H3,(H3,14,15). The second-order valence-electron chi connectivity index (χ2n) is 4.55. The van der Waals surface area contributed by atoms with Crippen LogP contribution in [0.4, 0.5) is 5.69 Å². The third-order valence-electron chi connectivity index (χ3n) is 3.12. The Bertz CT molecular complexity index is 431. The summed E-state index contributed by atoms with van der Waals surface area (Å²) in [5, 5.41) is 7.68. The van der Waals surface area contributed by atoms with E-state index in [2.05, 4.69) is 17.9 Å². The second kappa shape index (κ2) is 4.75. The van der Waals surface area contributed by atoms with Crippen LogP contribution in [0.3, 0.4) is 0 Å². The highest BCUT2D eigenvalue weighted by Crippen LogP contribution is 2.25. The molecule has 1 aliphatic heterocycles. The number of nitrogens with zero attached hydrogens (tertiary/aromatic N) is 1. The summed E-state index contributed by atoms with van der Waals surface area (Å²) in [5.41, 5.74) is 8.64. The zero-order valence-electron chi connectivity index (χ0n) is 10.4. The summed E-state index contributed by atoms with van der Waals surface area (Å²) in [7, 11) is 0. The van der Waals surface area contributed by atoms with Crippen molar-refractivity contribution < 1.29 is 4.74 Å². The maximum Gasteiger partial charge on any atom is 0.124 e. The molecule has 3 N–H and O–H groups in total. The minimum atomic E-state index is 0.127. The molecule has 1 aromatic carbocycles. The number of hydrogen-bond acceptors (Lipinski definition) is 3. The van der Waals surface area contributed by atoms with Gasteiger partial charge in [0.15, 0.2) is 0 Å². The molecule has 92 valence electrons. The number of rotatable bonds is 2. The first-order valence-corrected chi connectivity index (χ1v) is 5.89. The predicted octanol–water partition coefficient (Wildman–Crippen LogP) is 1.50. The van der Waals surface area contributed by atoms with Crippen LogP contribution in [-0.4, -0.2) is 31.6 Å². The molecule has 17 heavy (non-hydrogen) atoms. The number of hydrogen-bond donors (Lipinski definition) is 2. The van der Waals surface area contributed by atoms with E-state index >= 15 is 0 Å². The number of nitrogens with two attached hydrogens (primary N) is 1. The van der Waals surface area contributed by atoms with Gasteiger partial charge in [-0.1, -0.05) is 11.6 Å². The van der Waals surface area contributed by atoms with Crippen LogP contribution in [-0.2, 0) is 4.74 Å². The molecule has 4 heteroatoms. The Morgan fingerprint density at radius 2 is 2.29 bits per heavy atom. The highest BCUT2D eigenvalue weighted by atomic mass is 16.5. The van der Waals surface area contributed by atoms with E-state index < -0.39 is 0 Å². The van der Waals surface area contributed by atoms with Gasteiger partial charge >= 0.3 is 0 Å². The summed E-state index contributed by atoms with van der Waals surface area (Å²) in [6.45, 7) is 6.45. The van der Waals surface area contributed by atoms with E-state index in [-0.39, 0.29) is 5.84 Å². The van der Waals surface area contributed by atoms with Gasteiger partial charge in [-0.25, -0.2) is 0 Å². The van der Waals surface area contributed by atoms with E-state index in [1.165, 1.54) is 0 Å². The molecule has 0 aromatic heterocycles. The van der Waals surface area contributed by atoms with Gasteiger partial charge in [0.1, 0.15) is 5.84 Å². The van der Waals surface area contributed by atoms with Crippen LogP contribution >= 0.6 is 0 Å². The lowest BCUT2D eigenvalue weighted by Crippen LogP contribution is -2.44. The Balaban J connectivity index is 2.39. The van der Waals surface area contributed by atoms with Gasteiger partial charge in [0.2, 0.25) is 0 Å². The molecule has 1 saturated heterocycles. The lowest BCUT2D eigenvalue weighted by atomic mass is 10.1. The molecule has 2 rings (SSSR count). The molecular weight excluding hydrogens is 214 g/mol. The molecule has 1 unspecified atom stereocenters. The molecule has 0 radical (unpaired) electrons. The van der Waals surface area contributed by atoms with Crippen molar-refractivity contribution in [1.29, 1.82) is 5.41 Å². The number of nitrogens with one attached hydrogen (secondary N) is 1. The molecule has 1 aromatic rings. The summed E-state index contributed by atoms with van der Waals surface area (Å²) < 4.78 is 5.43. The summed E-state index contributed by atoms with van der Waals surface area (Å²) in [5.74, 6) is 0.127. The van der Waals surface area contributed by atoms with Crippen molar-refractivity contribution in [2.45, 2.75) is 19.9 Å². The number of benzene rings is 1. The van der Waals surface area contributed by atoms with Crippen molar-refractivity contribution in [1.82, 2.24) is 0 Å². The summed E-state index contributed by atoms with van der Waals surface area (Å²) in [6.07, 6.45) is 0. The Kier molecular flexibility index (Phi) is 3.33. The third kappa shape index (κ3) is 2.42. The van der Waals surface area contributed by atoms with E-state index in [4.69, 9.17) is 15.9 Å². The molecule has 1 aliphatic rings. The van der Waals surface area contributed by atoms with E-state index in [1.807, 2.05) is 19.1 Å². The van der Waals surface area contributed by atoms with Gasteiger partial charge in [0, 0.05) is 23.8 Å². The summed E-state index contributed by atoms with van der Waals surface area (Å²) >= 11 is 0. The lowest BCUT2D eigenvalue weighted by molar-refractivity contribution is 0.0989. The van der Waals surface area contributed by atoms with Crippen LogP contribution in [0.5, 0.6) is 0 Å². The SMILES string of the molecule is Cc1ccc(N2CCOCC2C)c(C(=N)N)c1. The monoisotopic (exact) mass is 233 g/mol. The van der Waals surface area contributed by atoms with Crippen LogP contribution in [0, 0.1) is 12.3 Å². The van der Waals surface area contributed by atoms with Crippen molar-refractivity contribution in [3.05, 3.63) is 29.3 Å². The Morgan fingerprint density at radius 3 is 2.94 bits per heavy atom. The third-order valence-corrected chi connectivity index (χ3v) is 3.12. The molecule has 1 fully saturated rings. The summed E-state index contributed by atoms with van der Waals surface area (Å²) in [4.78, 5) is 2.26. The van der Waals surface area contributed by atoms with Crippen LogP contribution < -0.4 is 10.6 Å². The quantitative estimate of drug-likeness (QED) is 0.601. The van der Waals surface area contributed by atoms with Crippen molar-refractivity contribution in [3.63, 3.8) is 0 Å². The Labute approximate surface area is 102 Å². The van der Waals surface area contributed by atoms with E-state index in [9.17, 15) is 0 Å². The topological polar surface area (TPSA) is 62.3 Å². The fourth-order valence-corrected chi connectivity index (χ4v) is 2.20. The number of morpholine rings is 1. The van der Waals surface area contributed by atoms with Crippen molar-refractivity contribution in [2.75, 3.05) is 24.7 Å². The highest BCUT2D eigenvalue weighted by Gasteiger charge is 2.21. The van der Waals surface area contributed by atoms with Crippen LogP contribution in [0.1, 0.15) is 18.1 Å². The molecular formula is C13H19N3O. The molecule has 0 bridgehead atoms. The molecule has 0 spiro atoms. The maximum atomic E-state index is 7.68. The van der Waals surface area contributed by atoms with Gasteiger partial charge in [0.05, 0.1) is 13.2 Å². The fourth-order valence-electron chi connectivity index (χ4n) is 2.20. The first-order chi connectivity index (χ1) is 8.09. The van der Waals surface area contributed by atoms with Gasteiger partial charge < -0.3 is 15.4 Å². The minimum absolute atomic E-state index is 0.127. The average molecular weight is 233 g/mol. The summed E-state index contributed by atoms with van der Waals surface area (Å²) in [6, 6.07) is 6.40.